The zero-order valence-corrected chi connectivity index (χ0v) is 16.4. The van der Waals surface area contributed by atoms with E-state index in [0.29, 0.717) is 11.3 Å². The highest BCUT2D eigenvalue weighted by Gasteiger charge is 2.16. The second-order valence-electron chi connectivity index (χ2n) is 6.21. The second kappa shape index (κ2) is 10.5. The average Bonchev–Trinajstić information content (AvgIpc) is 2.67. The lowest BCUT2D eigenvalue weighted by molar-refractivity contribution is -0.128. The molecule has 6 nitrogen and oxygen atoms in total. The zero-order chi connectivity index (χ0) is 20.5. The van der Waals surface area contributed by atoms with E-state index in [0.717, 1.165) is 17.3 Å². The Labute approximate surface area is 167 Å². The second-order valence-corrected chi connectivity index (χ2v) is 7.54. The summed E-state index contributed by atoms with van der Waals surface area (Å²) in [5.74, 6) is -1.33. The summed E-state index contributed by atoms with van der Waals surface area (Å²) < 4.78 is 12.8. The summed E-state index contributed by atoms with van der Waals surface area (Å²) in [5, 5.41) is 2.22. The highest BCUT2D eigenvalue weighted by molar-refractivity contribution is 8.01. The third kappa shape index (κ3) is 7.40. The van der Waals surface area contributed by atoms with E-state index in [-0.39, 0.29) is 23.9 Å². The number of halogens is 1. The van der Waals surface area contributed by atoms with Gasteiger partial charge in [-0.05, 0) is 43.7 Å². The summed E-state index contributed by atoms with van der Waals surface area (Å²) in [6.45, 7) is 3.60. The molecule has 0 heterocycles. The molecule has 0 aromatic heterocycles. The number of rotatable bonds is 7. The number of thioether (sulfide) groups is 1. The molecule has 1 atom stereocenters. The predicted molar refractivity (Wildman–Crippen MR) is 108 cm³/mol. The molecule has 2 aromatic rings. The molecule has 8 heteroatoms. The number of nitrogens with one attached hydrogen (secondary N) is 3. The van der Waals surface area contributed by atoms with E-state index in [2.05, 4.69) is 16.2 Å². The van der Waals surface area contributed by atoms with Gasteiger partial charge in [-0.1, -0.05) is 29.8 Å². The molecule has 3 N–H and O–H groups in total. The lowest BCUT2D eigenvalue weighted by atomic mass is 10.1. The van der Waals surface area contributed by atoms with Gasteiger partial charge >= 0.3 is 0 Å². The Morgan fingerprint density at radius 2 is 1.61 bits per heavy atom. The first-order valence-electron chi connectivity index (χ1n) is 8.65. The molecular weight excluding hydrogens is 381 g/mol. The maximum Gasteiger partial charge on any atom is 0.251 e. The molecule has 148 valence electrons. The first kappa shape index (κ1) is 21.4. The number of amides is 3. The maximum atomic E-state index is 12.8. The Morgan fingerprint density at radius 3 is 2.25 bits per heavy atom. The number of aryl methyl sites for hydroxylation is 1. The summed E-state index contributed by atoms with van der Waals surface area (Å²) in [4.78, 5) is 35.8. The largest absolute Gasteiger partial charge is 0.325 e. The Kier molecular flexibility index (Phi) is 8.01. The van der Waals surface area contributed by atoms with Crippen LogP contribution in [0.3, 0.4) is 0 Å². The van der Waals surface area contributed by atoms with Gasteiger partial charge in [0, 0.05) is 5.69 Å². The van der Waals surface area contributed by atoms with Crippen LogP contribution >= 0.6 is 11.8 Å². The van der Waals surface area contributed by atoms with Gasteiger partial charge in [-0.3, -0.25) is 25.2 Å². The molecule has 0 bridgehead atoms. The molecule has 2 rings (SSSR count). The molecule has 0 saturated heterocycles. The van der Waals surface area contributed by atoms with Crippen molar-refractivity contribution in [2.45, 2.75) is 25.5 Å². The summed E-state index contributed by atoms with van der Waals surface area (Å²) >= 11 is 1.16. The highest BCUT2D eigenvalue weighted by Crippen LogP contribution is 2.13. The van der Waals surface area contributed by atoms with Crippen molar-refractivity contribution < 1.29 is 18.8 Å². The first-order chi connectivity index (χ1) is 13.3. The molecule has 0 radical (unpaired) electrons. The maximum absolute atomic E-state index is 12.8. The van der Waals surface area contributed by atoms with Crippen LogP contribution < -0.4 is 16.2 Å². The molecule has 0 aliphatic rings. The molecule has 0 aliphatic heterocycles. The van der Waals surface area contributed by atoms with Crippen molar-refractivity contribution in [3.8, 4) is 0 Å². The van der Waals surface area contributed by atoms with E-state index in [9.17, 15) is 18.8 Å². The topological polar surface area (TPSA) is 87.3 Å². The predicted octanol–water partition coefficient (Wildman–Crippen LogP) is 2.58. The van der Waals surface area contributed by atoms with E-state index in [1.807, 2.05) is 31.2 Å². The van der Waals surface area contributed by atoms with Crippen molar-refractivity contribution in [2.24, 2.45) is 0 Å². The number of hydrazine groups is 1. The van der Waals surface area contributed by atoms with Crippen LogP contribution in [-0.2, 0) is 20.8 Å². The number of benzene rings is 2. The van der Waals surface area contributed by atoms with Crippen molar-refractivity contribution >= 4 is 35.2 Å². The average molecular weight is 403 g/mol. The van der Waals surface area contributed by atoms with Gasteiger partial charge in [0.25, 0.3) is 5.91 Å². The van der Waals surface area contributed by atoms with Crippen LogP contribution in [-0.4, -0.2) is 28.7 Å². The molecule has 3 amide bonds. The van der Waals surface area contributed by atoms with E-state index < -0.39 is 17.1 Å². The Hall–Kier alpha value is -2.87. The smallest absolute Gasteiger partial charge is 0.251 e. The fraction of sp³-hybridized carbons (Fsp3) is 0.250. The van der Waals surface area contributed by atoms with Gasteiger partial charge in [0.1, 0.15) is 5.82 Å². The highest BCUT2D eigenvalue weighted by atomic mass is 32.2. The number of hydrogen-bond donors (Lipinski definition) is 3. The molecule has 0 aliphatic carbocycles. The van der Waals surface area contributed by atoms with E-state index in [1.54, 1.807) is 6.92 Å². The molecule has 28 heavy (non-hydrogen) atoms. The van der Waals surface area contributed by atoms with Crippen LogP contribution in [0.4, 0.5) is 10.1 Å². The van der Waals surface area contributed by atoms with Crippen molar-refractivity contribution in [1.82, 2.24) is 10.9 Å². The summed E-state index contributed by atoms with van der Waals surface area (Å²) in [5.41, 5.74) is 7.06. The van der Waals surface area contributed by atoms with Crippen LogP contribution in [0.1, 0.15) is 18.1 Å². The lowest BCUT2D eigenvalue weighted by Gasteiger charge is -2.13. The van der Waals surface area contributed by atoms with Gasteiger partial charge in [0.2, 0.25) is 11.8 Å². The summed E-state index contributed by atoms with van der Waals surface area (Å²) in [6, 6.07) is 12.9. The van der Waals surface area contributed by atoms with Gasteiger partial charge in [-0.15, -0.1) is 11.8 Å². The third-order valence-corrected chi connectivity index (χ3v) is 4.91. The van der Waals surface area contributed by atoms with Gasteiger partial charge in [-0.2, -0.15) is 0 Å². The van der Waals surface area contributed by atoms with Crippen LogP contribution in [0, 0.1) is 12.7 Å². The molecule has 0 fully saturated rings. The van der Waals surface area contributed by atoms with Crippen LogP contribution in [0.15, 0.2) is 48.5 Å². The Bertz CT molecular complexity index is 826. The normalized spacial score (nSPS) is 11.4. The summed E-state index contributed by atoms with van der Waals surface area (Å²) in [7, 11) is 0. The molecule has 0 spiro atoms. The third-order valence-electron chi connectivity index (χ3n) is 3.77. The van der Waals surface area contributed by atoms with Crippen molar-refractivity contribution in [3.05, 3.63) is 65.5 Å². The number of anilines is 1. The van der Waals surface area contributed by atoms with Crippen molar-refractivity contribution in [3.63, 3.8) is 0 Å². The summed E-state index contributed by atoms with van der Waals surface area (Å²) in [6.07, 6.45) is 0.0149. The minimum Gasteiger partial charge on any atom is -0.325 e. The van der Waals surface area contributed by atoms with E-state index in [1.165, 1.54) is 24.3 Å². The van der Waals surface area contributed by atoms with Gasteiger partial charge in [0.05, 0.1) is 17.4 Å². The van der Waals surface area contributed by atoms with Crippen LogP contribution in [0.2, 0.25) is 0 Å². The van der Waals surface area contributed by atoms with Crippen molar-refractivity contribution in [2.75, 3.05) is 11.1 Å². The minimum absolute atomic E-state index is 0.0149. The lowest BCUT2D eigenvalue weighted by Crippen LogP contribution is -2.45. The molecule has 0 saturated carbocycles. The van der Waals surface area contributed by atoms with E-state index >= 15 is 0 Å². The Balaban J connectivity index is 1.68. The fourth-order valence-corrected chi connectivity index (χ4v) is 2.86. The van der Waals surface area contributed by atoms with Gasteiger partial charge < -0.3 is 5.32 Å². The number of carbonyl (C=O) groups excluding carboxylic acids is 3. The molecular formula is C20H22FN3O3S. The first-order valence-corrected chi connectivity index (χ1v) is 9.69. The van der Waals surface area contributed by atoms with Crippen molar-refractivity contribution in [1.29, 1.82) is 0 Å². The number of hydrogen-bond acceptors (Lipinski definition) is 4. The van der Waals surface area contributed by atoms with Gasteiger partial charge in [-0.25, -0.2) is 4.39 Å². The molecule has 0 unspecified atom stereocenters. The van der Waals surface area contributed by atoms with E-state index in [4.69, 9.17) is 0 Å². The minimum atomic E-state index is -0.533. The standard InChI is InChI=1S/C20H22FN3O3S/c1-13-3-9-17(10-4-13)22-19(26)12-28-14(2)20(27)24-23-18(25)11-15-5-7-16(21)8-6-15/h3-10,14H,11-12H2,1-2H3,(H,22,26)(H,23,25)(H,24,27)/t14-/m1/s1. The zero-order valence-electron chi connectivity index (χ0n) is 15.6. The number of carbonyl (C=O) groups is 3. The quantitative estimate of drug-likeness (QED) is 0.620. The van der Waals surface area contributed by atoms with Crippen LogP contribution in [0.5, 0.6) is 0 Å². The SMILES string of the molecule is Cc1ccc(NC(=O)CS[C@H](C)C(=O)NNC(=O)Cc2ccc(F)cc2)cc1. The monoisotopic (exact) mass is 403 g/mol. The van der Waals surface area contributed by atoms with Gasteiger partial charge in [0.15, 0.2) is 0 Å². The fourth-order valence-electron chi connectivity index (χ4n) is 2.18. The van der Waals surface area contributed by atoms with Crippen LogP contribution in [0.25, 0.3) is 0 Å². The Morgan fingerprint density at radius 1 is 0.964 bits per heavy atom. The molecule has 2 aromatic carbocycles.